The molecule has 2 fully saturated rings. The molecule has 2 aliphatic carbocycles. The fraction of sp³-hybridized carbons (Fsp3) is 0.675. The van der Waals surface area contributed by atoms with Crippen molar-refractivity contribution in [2.75, 3.05) is 18.8 Å². The molecule has 4 atom stereocenters. The predicted octanol–water partition coefficient (Wildman–Crippen LogP) is 4.01. The second-order valence-electron chi connectivity index (χ2n) is 16.7. The average Bonchev–Trinajstić information content (AvgIpc) is 3.74. The van der Waals surface area contributed by atoms with Crippen LogP contribution in [0.4, 0.5) is 4.79 Å². The van der Waals surface area contributed by atoms with Gasteiger partial charge in [-0.1, -0.05) is 76.8 Å². The molecule has 1 aromatic rings. The second-order valence-corrected chi connectivity index (χ2v) is 19.4. The first-order chi connectivity index (χ1) is 24.9. The number of carbonyl (C=O) groups is 5. The maximum absolute atomic E-state index is 14.9. The summed E-state index contributed by atoms with van der Waals surface area (Å²) >= 11 is 0. The van der Waals surface area contributed by atoms with E-state index in [-0.39, 0.29) is 43.0 Å². The molecule has 4 N–H and O–H groups in total. The maximum atomic E-state index is 14.9. The predicted molar refractivity (Wildman–Crippen MR) is 206 cm³/mol. The molecular formula is C40H61N5O7S. The lowest BCUT2D eigenvalue weighted by Gasteiger charge is -2.40. The van der Waals surface area contributed by atoms with Crippen molar-refractivity contribution in [2.24, 2.45) is 17.8 Å². The Morgan fingerprint density at radius 1 is 0.981 bits per heavy atom. The SMILES string of the molecule is C=CCNC(=O)C(=O)C(CCC)NC(=O)[C@@H]1CC(C(C)C)CN1C(=O)[C@@H](NC(=O)NC1(CS(=O)(=O)C(C)(C)C)CCCCC1)C1Cc2ccccc2C1. The summed E-state index contributed by atoms with van der Waals surface area (Å²) in [6.07, 6.45) is 7.22. The van der Waals surface area contributed by atoms with Gasteiger partial charge in [0.1, 0.15) is 12.1 Å². The van der Waals surface area contributed by atoms with E-state index in [0.717, 1.165) is 30.4 Å². The van der Waals surface area contributed by atoms with Crippen LogP contribution in [0.25, 0.3) is 0 Å². The van der Waals surface area contributed by atoms with Crippen molar-refractivity contribution in [1.82, 2.24) is 26.2 Å². The smallest absolute Gasteiger partial charge is 0.315 e. The zero-order valence-corrected chi connectivity index (χ0v) is 33.3. The third-order valence-electron chi connectivity index (χ3n) is 11.4. The van der Waals surface area contributed by atoms with Crippen LogP contribution < -0.4 is 21.3 Å². The molecule has 3 aliphatic rings. The molecule has 1 saturated heterocycles. The molecule has 1 saturated carbocycles. The Bertz CT molecular complexity index is 1600. The summed E-state index contributed by atoms with van der Waals surface area (Å²) in [5.41, 5.74) is 1.20. The van der Waals surface area contributed by atoms with Crippen molar-refractivity contribution < 1.29 is 32.4 Å². The fourth-order valence-electron chi connectivity index (χ4n) is 8.00. The number of benzene rings is 1. The Morgan fingerprint density at radius 3 is 2.15 bits per heavy atom. The Kier molecular flexibility index (Phi) is 13.9. The van der Waals surface area contributed by atoms with E-state index in [2.05, 4.69) is 27.8 Å². The molecule has 4 rings (SSSR count). The average molecular weight is 756 g/mol. The van der Waals surface area contributed by atoms with Crippen molar-refractivity contribution in [3.05, 3.63) is 48.0 Å². The molecule has 0 bridgehead atoms. The summed E-state index contributed by atoms with van der Waals surface area (Å²) in [6.45, 7) is 14.9. The molecule has 5 amide bonds. The molecule has 294 valence electrons. The van der Waals surface area contributed by atoms with Gasteiger partial charge < -0.3 is 26.2 Å². The Balaban J connectivity index is 1.63. The van der Waals surface area contributed by atoms with Gasteiger partial charge in [0.05, 0.1) is 22.1 Å². The number of nitrogens with zero attached hydrogens (tertiary/aromatic N) is 1. The normalized spacial score (nSPS) is 21.3. The van der Waals surface area contributed by atoms with Gasteiger partial charge in [-0.15, -0.1) is 6.58 Å². The van der Waals surface area contributed by atoms with Crippen LogP contribution >= 0.6 is 0 Å². The summed E-state index contributed by atoms with van der Waals surface area (Å²) in [4.78, 5) is 70.2. The molecule has 53 heavy (non-hydrogen) atoms. The van der Waals surface area contributed by atoms with E-state index in [9.17, 15) is 32.4 Å². The number of Topliss-reactive ketones (excluding diaryl/α,β-unsaturated/α-hetero) is 1. The lowest BCUT2D eigenvalue weighted by atomic mass is 9.83. The maximum Gasteiger partial charge on any atom is 0.315 e. The van der Waals surface area contributed by atoms with E-state index in [4.69, 9.17) is 0 Å². The number of fused-ring (bicyclic) bond motifs is 1. The first kappa shape index (κ1) is 42.0. The molecule has 0 spiro atoms. The summed E-state index contributed by atoms with van der Waals surface area (Å²) in [5, 5.41) is 11.3. The highest BCUT2D eigenvalue weighted by Gasteiger charge is 2.47. The van der Waals surface area contributed by atoms with E-state index in [1.54, 1.807) is 25.7 Å². The molecule has 0 radical (unpaired) electrons. The standard InChI is InChI=1S/C40H61N5O7S/c1-8-15-31(34(46)36(48)41-20-9-2)42-35(47)32-23-30(26(3)4)24-45(32)37(49)33(29-21-27-16-11-12-17-28(27)22-29)43-38(50)44-40(18-13-10-14-19-40)25-53(51,52)39(5,6)7/h9,11-12,16-17,26,29-33H,2,8,10,13-15,18-25H2,1,3-7H3,(H,41,48)(H,42,47)(H2,43,44,50)/t30?,31?,32-,33-/m0/s1. The number of likely N-dealkylation sites (tertiary alicyclic amines) is 1. The number of sulfone groups is 1. The Labute approximate surface area is 316 Å². The molecule has 0 aromatic heterocycles. The minimum atomic E-state index is -3.59. The third kappa shape index (κ3) is 10.3. The van der Waals surface area contributed by atoms with Gasteiger partial charge in [0, 0.05) is 13.1 Å². The van der Waals surface area contributed by atoms with Crippen LogP contribution in [0.2, 0.25) is 0 Å². The van der Waals surface area contributed by atoms with Crippen molar-refractivity contribution >= 4 is 39.4 Å². The first-order valence-corrected chi connectivity index (χ1v) is 21.0. The van der Waals surface area contributed by atoms with Gasteiger partial charge in [-0.05, 0) is 88.2 Å². The van der Waals surface area contributed by atoms with Gasteiger partial charge in [0.15, 0.2) is 9.84 Å². The van der Waals surface area contributed by atoms with E-state index >= 15 is 0 Å². The Morgan fingerprint density at radius 2 is 1.60 bits per heavy atom. The van der Waals surface area contributed by atoms with Gasteiger partial charge in [0.2, 0.25) is 17.6 Å². The minimum absolute atomic E-state index is 0.0192. The molecule has 1 aliphatic heterocycles. The Hall–Kier alpha value is -3.74. The molecular weight excluding hydrogens is 695 g/mol. The fourth-order valence-corrected chi connectivity index (χ4v) is 9.52. The van der Waals surface area contributed by atoms with E-state index in [1.165, 1.54) is 6.08 Å². The summed E-state index contributed by atoms with van der Waals surface area (Å²) in [5.74, 6) is -2.88. The van der Waals surface area contributed by atoms with E-state index < -0.39 is 67.8 Å². The van der Waals surface area contributed by atoms with Crippen molar-refractivity contribution in [1.29, 1.82) is 0 Å². The van der Waals surface area contributed by atoms with Gasteiger partial charge in [-0.2, -0.15) is 0 Å². The third-order valence-corrected chi connectivity index (χ3v) is 14.2. The van der Waals surface area contributed by atoms with E-state index in [1.807, 2.05) is 45.0 Å². The molecule has 1 aromatic carbocycles. The summed E-state index contributed by atoms with van der Waals surface area (Å²) in [7, 11) is -3.59. The number of urea groups is 1. The minimum Gasteiger partial charge on any atom is -0.346 e. The number of ketones is 1. The van der Waals surface area contributed by atoms with Crippen molar-refractivity contribution in [3.8, 4) is 0 Å². The lowest BCUT2D eigenvalue weighted by Crippen LogP contribution is -2.62. The molecule has 1 heterocycles. The topological polar surface area (TPSA) is 171 Å². The van der Waals surface area contributed by atoms with Crippen LogP contribution in [0.5, 0.6) is 0 Å². The van der Waals surface area contributed by atoms with Gasteiger partial charge >= 0.3 is 6.03 Å². The molecule has 12 nitrogen and oxygen atoms in total. The largest absolute Gasteiger partial charge is 0.346 e. The highest BCUT2D eigenvalue weighted by Crippen LogP contribution is 2.35. The number of amides is 5. The van der Waals surface area contributed by atoms with Crippen LogP contribution in [0, 0.1) is 17.8 Å². The molecule has 13 heteroatoms. The van der Waals surface area contributed by atoms with Crippen LogP contribution in [0.3, 0.4) is 0 Å². The summed E-state index contributed by atoms with van der Waals surface area (Å²) in [6, 6.07) is 4.32. The van der Waals surface area contributed by atoms with E-state index in [0.29, 0.717) is 38.5 Å². The number of rotatable bonds is 15. The first-order valence-electron chi connectivity index (χ1n) is 19.3. The van der Waals surface area contributed by atoms with Crippen LogP contribution in [-0.2, 0) is 41.9 Å². The van der Waals surface area contributed by atoms with Crippen LogP contribution in [0.1, 0.15) is 104 Å². The monoisotopic (exact) mass is 755 g/mol. The van der Waals surface area contributed by atoms with Crippen LogP contribution in [-0.4, -0.2) is 90.1 Å². The molecule has 2 unspecified atom stereocenters. The number of hydrogen-bond donors (Lipinski definition) is 4. The number of hydrogen-bond acceptors (Lipinski definition) is 7. The lowest BCUT2D eigenvalue weighted by molar-refractivity contribution is -0.143. The summed E-state index contributed by atoms with van der Waals surface area (Å²) < 4.78 is 25.9. The van der Waals surface area contributed by atoms with Crippen LogP contribution in [0.15, 0.2) is 36.9 Å². The number of nitrogens with one attached hydrogen (secondary N) is 4. The van der Waals surface area contributed by atoms with Crippen molar-refractivity contribution in [2.45, 2.75) is 134 Å². The quantitative estimate of drug-likeness (QED) is 0.155. The van der Waals surface area contributed by atoms with Crippen molar-refractivity contribution in [3.63, 3.8) is 0 Å². The highest BCUT2D eigenvalue weighted by atomic mass is 32.2. The van der Waals surface area contributed by atoms with Gasteiger partial charge in [-0.25, -0.2) is 13.2 Å². The van der Waals surface area contributed by atoms with Gasteiger partial charge in [0.25, 0.3) is 5.91 Å². The van der Waals surface area contributed by atoms with Gasteiger partial charge in [-0.3, -0.25) is 19.2 Å². The highest BCUT2D eigenvalue weighted by molar-refractivity contribution is 7.92. The second kappa shape index (κ2) is 17.6. The zero-order chi connectivity index (χ0) is 39.1. The zero-order valence-electron chi connectivity index (χ0n) is 32.5. The number of carbonyl (C=O) groups excluding carboxylic acids is 5.